The summed E-state index contributed by atoms with van der Waals surface area (Å²) in [5.41, 5.74) is 4.48. The molecule has 29 heavy (non-hydrogen) atoms. The molecule has 1 aliphatic heterocycles. The monoisotopic (exact) mass is 402 g/mol. The van der Waals surface area contributed by atoms with Gasteiger partial charge in [-0.1, -0.05) is 78.0 Å². The lowest BCUT2D eigenvalue weighted by molar-refractivity contribution is -0.123. The molecular formula is C23H22N4OS. The van der Waals surface area contributed by atoms with Gasteiger partial charge in [-0.3, -0.25) is 4.79 Å². The number of ketones is 1. The molecule has 2 aliphatic rings. The average Bonchev–Trinajstić information content (AvgIpc) is 3.14. The van der Waals surface area contributed by atoms with Crippen molar-refractivity contribution in [3.05, 3.63) is 83.1 Å². The number of thioether (sulfide) groups is 1. The molecule has 1 aliphatic carbocycles. The van der Waals surface area contributed by atoms with Crippen molar-refractivity contribution in [3.63, 3.8) is 0 Å². The number of anilines is 1. The third-order valence-electron chi connectivity index (χ3n) is 5.48. The Morgan fingerprint density at radius 2 is 2.03 bits per heavy atom. The van der Waals surface area contributed by atoms with Gasteiger partial charge in [0.15, 0.2) is 0 Å². The van der Waals surface area contributed by atoms with E-state index in [0.29, 0.717) is 12.4 Å². The molecule has 2 heterocycles. The molecule has 2 atom stereocenters. The summed E-state index contributed by atoms with van der Waals surface area (Å²) in [6.07, 6.45) is 3.50. The van der Waals surface area contributed by atoms with E-state index in [2.05, 4.69) is 48.6 Å². The van der Waals surface area contributed by atoms with Crippen molar-refractivity contribution in [1.82, 2.24) is 14.8 Å². The Morgan fingerprint density at radius 1 is 1.17 bits per heavy atom. The van der Waals surface area contributed by atoms with Crippen molar-refractivity contribution in [3.8, 4) is 0 Å². The summed E-state index contributed by atoms with van der Waals surface area (Å²) in [5, 5.41) is 8.91. The lowest BCUT2D eigenvalue weighted by Gasteiger charge is -2.36. The molecule has 0 saturated heterocycles. The zero-order valence-electron chi connectivity index (χ0n) is 16.2. The summed E-state index contributed by atoms with van der Waals surface area (Å²) in [7, 11) is 0. The second-order valence-electron chi connectivity index (χ2n) is 7.56. The summed E-state index contributed by atoms with van der Waals surface area (Å²) < 4.78 is 1.91. The summed E-state index contributed by atoms with van der Waals surface area (Å²) in [6, 6.07) is 18.5. The maximum atomic E-state index is 12.9. The number of carbonyl (C=O) groups excluding carboxylic acids is 1. The van der Waals surface area contributed by atoms with Crippen molar-refractivity contribution in [2.45, 2.75) is 36.7 Å². The zero-order valence-corrected chi connectivity index (χ0v) is 17.0. The van der Waals surface area contributed by atoms with Crippen LogP contribution in [0.4, 0.5) is 5.95 Å². The number of aromatic nitrogens is 3. The summed E-state index contributed by atoms with van der Waals surface area (Å²) in [5.74, 6) is 1.56. The number of hydrogen-bond acceptors (Lipinski definition) is 5. The number of rotatable bonds is 4. The maximum absolute atomic E-state index is 12.9. The quantitative estimate of drug-likeness (QED) is 0.638. The van der Waals surface area contributed by atoms with E-state index in [0.717, 1.165) is 28.6 Å². The topological polar surface area (TPSA) is 59.8 Å². The van der Waals surface area contributed by atoms with Crippen LogP contribution in [0.5, 0.6) is 0 Å². The third kappa shape index (κ3) is 3.49. The molecule has 1 aromatic heterocycles. The summed E-state index contributed by atoms with van der Waals surface area (Å²) >= 11 is 1.61. The molecule has 1 N–H and O–H groups in total. The van der Waals surface area contributed by atoms with Gasteiger partial charge in [0.2, 0.25) is 11.1 Å². The van der Waals surface area contributed by atoms with Crippen molar-refractivity contribution < 1.29 is 4.79 Å². The van der Waals surface area contributed by atoms with Crippen molar-refractivity contribution in [2.24, 2.45) is 5.92 Å². The molecule has 0 bridgehead atoms. The molecular weight excluding hydrogens is 380 g/mol. The second-order valence-corrected chi connectivity index (χ2v) is 8.51. The number of allylic oxidation sites excluding steroid dienone is 2. The van der Waals surface area contributed by atoms with E-state index in [1.807, 2.05) is 28.9 Å². The number of hydrogen-bond donors (Lipinski definition) is 1. The first kappa shape index (κ1) is 18.2. The van der Waals surface area contributed by atoms with E-state index >= 15 is 0 Å². The van der Waals surface area contributed by atoms with Crippen molar-refractivity contribution >= 4 is 23.5 Å². The Balaban J connectivity index is 1.53. The highest BCUT2D eigenvalue weighted by molar-refractivity contribution is 7.98. The molecule has 2 aromatic carbocycles. The Morgan fingerprint density at radius 3 is 2.86 bits per heavy atom. The molecule has 0 amide bonds. The van der Waals surface area contributed by atoms with Gasteiger partial charge in [-0.05, 0) is 24.5 Å². The van der Waals surface area contributed by atoms with Gasteiger partial charge in [0.1, 0.15) is 5.78 Å². The first-order chi connectivity index (χ1) is 14.2. The largest absolute Gasteiger partial charge is 0.328 e. The minimum absolute atomic E-state index is 0.163. The predicted molar refractivity (Wildman–Crippen MR) is 115 cm³/mol. The molecule has 6 heteroatoms. The standard InChI is InChI=1S/C23H22N4OS/c1-15-7-5-10-17(13-15)21-20-18(11-6-12-19(20)28)24-22-25-23(26-27(21)22)29-14-16-8-3-2-4-9-16/h2-5,7-11,13,20-21H,6,12,14H2,1H3,(H,24,25,26)/t20-,21-/m1/s1. The highest BCUT2D eigenvalue weighted by Crippen LogP contribution is 2.42. The number of aryl methyl sites for hydroxylation is 1. The molecule has 0 spiro atoms. The first-order valence-electron chi connectivity index (χ1n) is 9.88. The van der Waals surface area contributed by atoms with E-state index in [-0.39, 0.29) is 17.7 Å². The van der Waals surface area contributed by atoms with E-state index in [1.54, 1.807) is 11.8 Å². The van der Waals surface area contributed by atoms with Crippen LogP contribution in [-0.2, 0) is 10.5 Å². The van der Waals surface area contributed by atoms with E-state index in [4.69, 9.17) is 10.1 Å². The van der Waals surface area contributed by atoms with E-state index < -0.39 is 0 Å². The smallest absolute Gasteiger partial charge is 0.227 e. The maximum Gasteiger partial charge on any atom is 0.227 e. The second kappa shape index (κ2) is 7.52. The van der Waals surface area contributed by atoms with Crippen LogP contribution in [0.1, 0.15) is 35.6 Å². The minimum Gasteiger partial charge on any atom is -0.328 e. The summed E-state index contributed by atoms with van der Waals surface area (Å²) in [4.78, 5) is 17.6. The van der Waals surface area contributed by atoms with Crippen LogP contribution in [0, 0.1) is 12.8 Å². The first-order valence-corrected chi connectivity index (χ1v) is 10.9. The van der Waals surface area contributed by atoms with Gasteiger partial charge in [0.05, 0.1) is 12.0 Å². The van der Waals surface area contributed by atoms with Crippen LogP contribution in [0.3, 0.4) is 0 Å². The Hall–Kier alpha value is -2.86. The third-order valence-corrected chi connectivity index (χ3v) is 6.39. The number of fused-ring (bicyclic) bond motifs is 2. The fourth-order valence-electron chi connectivity index (χ4n) is 4.12. The van der Waals surface area contributed by atoms with Crippen LogP contribution in [-0.4, -0.2) is 20.5 Å². The Bertz CT molecular complexity index is 1090. The predicted octanol–water partition coefficient (Wildman–Crippen LogP) is 4.76. The number of benzene rings is 2. The number of Topliss-reactive ketones (excluding diaryl/α,β-unsaturated/α-hetero) is 1. The molecule has 5 nitrogen and oxygen atoms in total. The van der Waals surface area contributed by atoms with Gasteiger partial charge in [-0.25, -0.2) is 4.68 Å². The van der Waals surface area contributed by atoms with Gasteiger partial charge in [0, 0.05) is 17.9 Å². The Kier molecular flexibility index (Phi) is 4.72. The van der Waals surface area contributed by atoms with Crippen LogP contribution < -0.4 is 5.32 Å². The lowest BCUT2D eigenvalue weighted by Crippen LogP contribution is -2.38. The SMILES string of the molecule is Cc1cccc([C@@H]2[C@H]3C(=O)CCC=C3Nc3nc(SCc4ccccc4)nn32)c1. The van der Waals surface area contributed by atoms with E-state index in [9.17, 15) is 4.79 Å². The van der Waals surface area contributed by atoms with Crippen molar-refractivity contribution in [2.75, 3.05) is 5.32 Å². The van der Waals surface area contributed by atoms with E-state index in [1.165, 1.54) is 11.1 Å². The molecule has 0 radical (unpaired) electrons. The highest BCUT2D eigenvalue weighted by atomic mass is 32.2. The van der Waals surface area contributed by atoms with Gasteiger partial charge in [0.25, 0.3) is 0 Å². The fourth-order valence-corrected chi connectivity index (χ4v) is 4.91. The van der Waals surface area contributed by atoms with Gasteiger partial charge in [-0.15, -0.1) is 5.10 Å². The minimum atomic E-state index is -0.230. The van der Waals surface area contributed by atoms with Crippen LogP contribution in [0.2, 0.25) is 0 Å². The molecule has 0 saturated carbocycles. The van der Waals surface area contributed by atoms with Gasteiger partial charge in [-0.2, -0.15) is 4.98 Å². The van der Waals surface area contributed by atoms with Crippen LogP contribution in [0.15, 0.2) is 71.5 Å². The molecule has 5 rings (SSSR count). The van der Waals surface area contributed by atoms with Gasteiger partial charge < -0.3 is 5.32 Å². The van der Waals surface area contributed by atoms with Crippen LogP contribution >= 0.6 is 11.8 Å². The molecule has 0 fully saturated rings. The normalized spacial score (nSPS) is 20.4. The highest BCUT2D eigenvalue weighted by Gasteiger charge is 2.41. The summed E-state index contributed by atoms with van der Waals surface area (Å²) in [6.45, 7) is 2.08. The van der Waals surface area contributed by atoms with Gasteiger partial charge >= 0.3 is 0 Å². The number of nitrogens with one attached hydrogen (secondary N) is 1. The zero-order chi connectivity index (χ0) is 19.8. The lowest BCUT2D eigenvalue weighted by atomic mass is 9.80. The Labute approximate surface area is 174 Å². The molecule has 146 valence electrons. The fraction of sp³-hybridized carbons (Fsp3) is 0.261. The molecule has 3 aromatic rings. The van der Waals surface area contributed by atoms with Crippen LogP contribution in [0.25, 0.3) is 0 Å². The number of nitrogens with zero attached hydrogens (tertiary/aromatic N) is 3. The molecule has 0 unspecified atom stereocenters. The number of carbonyl (C=O) groups is 1. The van der Waals surface area contributed by atoms with Crippen molar-refractivity contribution in [1.29, 1.82) is 0 Å². The average molecular weight is 403 g/mol.